The van der Waals surface area contributed by atoms with Crippen LogP contribution in [0.25, 0.3) is 0 Å². The van der Waals surface area contributed by atoms with Crippen molar-refractivity contribution in [1.82, 2.24) is 10.6 Å². The molecule has 0 heterocycles. The third-order valence-corrected chi connectivity index (χ3v) is 4.05. The third-order valence-electron chi connectivity index (χ3n) is 4.05. The zero-order valence-electron chi connectivity index (χ0n) is 12.4. The molecule has 2 saturated carbocycles. The zero-order chi connectivity index (χ0) is 14.4. The average Bonchev–Trinajstić information content (AvgIpc) is 3.27. The van der Waals surface area contributed by atoms with Crippen molar-refractivity contribution in [1.29, 1.82) is 0 Å². The molecule has 0 bridgehead atoms. The van der Waals surface area contributed by atoms with Crippen LogP contribution in [-0.4, -0.2) is 48.5 Å². The molecule has 116 valence electrons. The zero-order valence-corrected chi connectivity index (χ0v) is 12.4. The molecule has 0 aliphatic heterocycles. The highest BCUT2D eigenvalue weighted by atomic mass is 16.5. The Balaban J connectivity index is 1.54. The Morgan fingerprint density at radius 3 is 2.60 bits per heavy atom. The van der Waals surface area contributed by atoms with Gasteiger partial charge < -0.3 is 20.5 Å². The van der Waals surface area contributed by atoms with Gasteiger partial charge in [-0.25, -0.2) is 0 Å². The normalized spacial score (nSPS) is 23.3. The standard InChI is InChI=1S/C15H28N2O3/c1-11(15(19)17-12-7-8-12)16-9-13(18)10-20-14-5-3-2-4-6-14/h11-14,16,18H,2-10H2,1H3,(H,17,19). The van der Waals surface area contributed by atoms with E-state index in [-0.39, 0.29) is 11.9 Å². The van der Waals surface area contributed by atoms with Crippen molar-refractivity contribution in [3.8, 4) is 0 Å². The van der Waals surface area contributed by atoms with Crippen molar-refractivity contribution in [2.75, 3.05) is 13.2 Å². The highest BCUT2D eigenvalue weighted by molar-refractivity contribution is 5.81. The Morgan fingerprint density at radius 1 is 1.25 bits per heavy atom. The number of rotatable bonds is 8. The molecule has 0 radical (unpaired) electrons. The van der Waals surface area contributed by atoms with Crippen LogP contribution in [-0.2, 0) is 9.53 Å². The molecule has 0 aromatic rings. The van der Waals surface area contributed by atoms with Crippen molar-refractivity contribution in [3.63, 3.8) is 0 Å². The number of nitrogens with one attached hydrogen (secondary N) is 2. The molecule has 2 rings (SSSR count). The minimum atomic E-state index is -0.548. The van der Waals surface area contributed by atoms with Gasteiger partial charge in [0.2, 0.25) is 5.91 Å². The van der Waals surface area contributed by atoms with E-state index >= 15 is 0 Å². The Labute approximate surface area is 121 Å². The summed E-state index contributed by atoms with van der Waals surface area (Å²) in [5, 5.41) is 15.9. The minimum absolute atomic E-state index is 0.0212. The van der Waals surface area contributed by atoms with Gasteiger partial charge in [0.15, 0.2) is 0 Å². The molecule has 5 nitrogen and oxygen atoms in total. The first kappa shape index (κ1) is 15.7. The Bertz CT molecular complexity index is 301. The summed E-state index contributed by atoms with van der Waals surface area (Å²) in [4.78, 5) is 11.7. The monoisotopic (exact) mass is 284 g/mol. The topological polar surface area (TPSA) is 70.6 Å². The highest BCUT2D eigenvalue weighted by Crippen LogP contribution is 2.20. The summed E-state index contributed by atoms with van der Waals surface area (Å²) in [6.07, 6.45) is 7.95. The second kappa shape index (κ2) is 7.96. The molecule has 20 heavy (non-hydrogen) atoms. The molecule has 0 spiro atoms. The van der Waals surface area contributed by atoms with E-state index in [4.69, 9.17) is 4.74 Å². The number of hydrogen-bond acceptors (Lipinski definition) is 4. The van der Waals surface area contributed by atoms with E-state index in [1.807, 2.05) is 6.92 Å². The van der Waals surface area contributed by atoms with Gasteiger partial charge in [-0.3, -0.25) is 4.79 Å². The van der Waals surface area contributed by atoms with E-state index in [1.165, 1.54) is 19.3 Å². The summed E-state index contributed by atoms with van der Waals surface area (Å²) >= 11 is 0. The maximum atomic E-state index is 11.7. The Hall–Kier alpha value is -0.650. The highest BCUT2D eigenvalue weighted by Gasteiger charge is 2.25. The number of aliphatic hydroxyl groups is 1. The van der Waals surface area contributed by atoms with Gasteiger partial charge in [-0.2, -0.15) is 0 Å². The van der Waals surface area contributed by atoms with Crippen molar-refractivity contribution < 1.29 is 14.6 Å². The summed E-state index contributed by atoms with van der Waals surface area (Å²) in [7, 11) is 0. The van der Waals surface area contributed by atoms with Crippen LogP contribution >= 0.6 is 0 Å². The van der Waals surface area contributed by atoms with Gasteiger partial charge in [-0.15, -0.1) is 0 Å². The summed E-state index contributed by atoms with van der Waals surface area (Å²) < 4.78 is 5.72. The fraction of sp³-hybridized carbons (Fsp3) is 0.933. The van der Waals surface area contributed by atoms with E-state index in [0.29, 0.717) is 25.3 Å². The molecule has 2 aliphatic carbocycles. The van der Waals surface area contributed by atoms with E-state index in [1.54, 1.807) is 0 Å². The minimum Gasteiger partial charge on any atom is -0.389 e. The molecule has 0 aromatic carbocycles. The number of amides is 1. The number of ether oxygens (including phenoxy) is 1. The molecule has 0 saturated heterocycles. The van der Waals surface area contributed by atoms with Gasteiger partial charge in [0.05, 0.1) is 24.9 Å². The van der Waals surface area contributed by atoms with Crippen LogP contribution in [0.1, 0.15) is 51.9 Å². The van der Waals surface area contributed by atoms with Crippen LogP contribution in [0.2, 0.25) is 0 Å². The van der Waals surface area contributed by atoms with Crippen molar-refractivity contribution in [2.45, 2.75) is 76.2 Å². The average molecular weight is 284 g/mol. The lowest BCUT2D eigenvalue weighted by atomic mass is 9.98. The molecule has 0 aromatic heterocycles. The number of carbonyl (C=O) groups excluding carboxylic acids is 1. The van der Waals surface area contributed by atoms with Gasteiger partial charge in [0.1, 0.15) is 0 Å². The van der Waals surface area contributed by atoms with Crippen LogP contribution in [0.4, 0.5) is 0 Å². The van der Waals surface area contributed by atoms with Gasteiger partial charge in [0.25, 0.3) is 0 Å². The van der Waals surface area contributed by atoms with Gasteiger partial charge in [-0.05, 0) is 32.6 Å². The lowest BCUT2D eigenvalue weighted by Crippen LogP contribution is -2.46. The molecule has 2 unspecified atom stereocenters. The number of carbonyl (C=O) groups is 1. The van der Waals surface area contributed by atoms with Crippen LogP contribution < -0.4 is 10.6 Å². The second-order valence-corrected chi connectivity index (χ2v) is 6.16. The maximum absolute atomic E-state index is 11.7. The van der Waals surface area contributed by atoms with E-state index in [0.717, 1.165) is 25.7 Å². The Morgan fingerprint density at radius 2 is 1.95 bits per heavy atom. The molecule has 3 N–H and O–H groups in total. The smallest absolute Gasteiger partial charge is 0.237 e. The van der Waals surface area contributed by atoms with Crippen molar-refractivity contribution >= 4 is 5.91 Å². The molecule has 5 heteroatoms. The quantitative estimate of drug-likeness (QED) is 0.621. The maximum Gasteiger partial charge on any atom is 0.237 e. The molecule has 2 fully saturated rings. The first-order valence-electron chi connectivity index (χ1n) is 7.98. The fourth-order valence-electron chi connectivity index (χ4n) is 2.50. The van der Waals surface area contributed by atoms with Crippen LogP contribution in [0, 0.1) is 0 Å². The molecular formula is C15H28N2O3. The lowest BCUT2D eigenvalue weighted by molar-refractivity contribution is -0.123. The van der Waals surface area contributed by atoms with Crippen LogP contribution in [0.5, 0.6) is 0 Å². The summed E-state index contributed by atoms with van der Waals surface area (Å²) in [5.41, 5.74) is 0. The predicted octanol–water partition coefficient (Wildman–Crippen LogP) is 0.953. The van der Waals surface area contributed by atoms with E-state index in [2.05, 4.69) is 10.6 Å². The summed E-state index contributed by atoms with van der Waals surface area (Å²) in [6.45, 7) is 2.58. The summed E-state index contributed by atoms with van der Waals surface area (Å²) in [5.74, 6) is 0.0212. The van der Waals surface area contributed by atoms with Crippen molar-refractivity contribution in [3.05, 3.63) is 0 Å². The molecule has 2 atom stereocenters. The largest absolute Gasteiger partial charge is 0.389 e. The first-order valence-corrected chi connectivity index (χ1v) is 7.98. The molecular weight excluding hydrogens is 256 g/mol. The summed E-state index contributed by atoms with van der Waals surface area (Å²) in [6, 6.07) is 0.117. The van der Waals surface area contributed by atoms with Gasteiger partial charge in [-0.1, -0.05) is 19.3 Å². The van der Waals surface area contributed by atoms with Crippen LogP contribution in [0.3, 0.4) is 0 Å². The second-order valence-electron chi connectivity index (χ2n) is 6.16. The molecule has 2 aliphatic rings. The lowest BCUT2D eigenvalue weighted by Gasteiger charge is -2.24. The van der Waals surface area contributed by atoms with E-state index < -0.39 is 6.10 Å². The predicted molar refractivity (Wildman–Crippen MR) is 77.5 cm³/mol. The Kier molecular flexibility index (Phi) is 6.26. The fourth-order valence-corrected chi connectivity index (χ4v) is 2.50. The number of aliphatic hydroxyl groups excluding tert-OH is 1. The van der Waals surface area contributed by atoms with E-state index in [9.17, 15) is 9.90 Å². The van der Waals surface area contributed by atoms with Gasteiger partial charge >= 0.3 is 0 Å². The SMILES string of the molecule is CC(NCC(O)COC1CCCCC1)C(=O)NC1CC1. The third kappa shape index (κ3) is 5.77. The van der Waals surface area contributed by atoms with Crippen molar-refractivity contribution in [2.24, 2.45) is 0 Å². The number of hydrogen-bond donors (Lipinski definition) is 3. The molecule has 1 amide bonds. The van der Waals surface area contributed by atoms with Crippen LogP contribution in [0.15, 0.2) is 0 Å². The van der Waals surface area contributed by atoms with Gasteiger partial charge in [0, 0.05) is 12.6 Å². The first-order chi connectivity index (χ1) is 9.65.